The van der Waals surface area contributed by atoms with Crippen LogP contribution in [-0.2, 0) is 6.54 Å². The zero-order valence-electron chi connectivity index (χ0n) is 9.82. The largest absolute Gasteiger partial charge is 0.308 e. The molecular formula is C12H12BrIN4. The molecule has 18 heavy (non-hydrogen) atoms. The van der Waals surface area contributed by atoms with E-state index in [-0.39, 0.29) is 6.04 Å². The molecule has 0 amide bonds. The quantitative estimate of drug-likeness (QED) is 0.724. The lowest BCUT2D eigenvalue weighted by Gasteiger charge is -2.22. The molecule has 0 saturated carbocycles. The van der Waals surface area contributed by atoms with E-state index in [1.165, 1.54) is 3.57 Å². The average Bonchev–Trinajstić information content (AvgIpc) is 2.77. The first-order chi connectivity index (χ1) is 8.66. The molecule has 1 aromatic carbocycles. The fourth-order valence-electron chi connectivity index (χ4n) is 2.21. The average molecular weight is 419 g/mol. The lowest BCUT2D eigenvalue weighted by molar-refractivity contribution is 0.439. The van der Waals surface area contributed by atoms with Crippen LogP contribution in [0.15, 0.2) is 22.7 Å². The summed E-state index contributed by atoms with van der Waals surface area (Å²) < 4.78 is 4.47. The minimum atomic E-state index is 0.268. The van der Waals surface area contributed by atoms with Gasteiger partial charge in [0.15, 0.2) is 5.82 Å². The summed E-state index contributed by atoms with van der Waals surface area (Å²) in [6.07, 6.45) is 0. The molecule has 1 aliphatic heterocycles. The Morgan fingerprint density at radius 1 is 1.44 bits per heavy atom. The highest BCUT2D eigenvalue weighted by atomic mass is 127. The number of benzene rings is 1. The summed E-state index contributed by atoms with van der Waals surface area (Å²) in [4.78, 5) is 0. The molecular weight excluding hydrogens is 407 g/mol. The van der Waals surface area contributed by atoms with Gasteiger partial charge >= 0.3 is 0 Å². The second-order valence-corrected chi connectivity index (χ2v) is 6.41. The van der Waals surface area contributed by atoms with E-state index >= 15 is 0 Å². The van der Waals surface area contributed by atoms with E-state index in [4.69, 9.17) is 0 Å². The van der Waals surface area contributed by atoms with Crippen molar-refractivity contribution in [1.82, 2.24) is 20.1 Å². The molecule has 94 valence electrons. The van der Waals surface area contributed by atoms with E-state index in [9.17, 15) is 0 Å². The second kappa shape index (κ2) is 4.90. The van der Waals surface area contributed by atoms with Gasteiger partial charge in [-0.1, -0.05) is 15.9 Å². The van der Waals surface area contributed by atoms with E-state index in [1.807, 2.05) is 6.07 Å². The molecule has 1 N–H and O–H groups in total. The molecule has 6 heteroatoms. The van der Waals surface area contributed by atoms with E-state index in [2.05, 4.69) is 77.7 Å². The fourth-order valence-corrected chi connectivity index (χ4v) is 3.15. The Kier molecular flexibility index (Phi) is 3.42. The molecule has 0 saturated heterocycles. The first kappa shape index (κ1) is 12.6. The van der Waals surface area contributed by atoms with Crippen LogP contribution in [0.4, 0.5) is 0 Å². The molecule has 1 aromatic heterocycles. The number of hydrogen-bond donors (Lipinski definition) is 1. The Hall–Kier alpha value is -0.470. The van der Waals surface area contributed by atoms with Gasteiger partial charge < -0.3 is 9.88 Å². The van der Waals surface area contributed by atoms with Gasteiger partial charge in [0.1, 0.15) is 5.82 Å². The molecule has 0 spiro atoms. The predicted octanol–water partition coefficient (Wildman–Crippen LogP) is 2.98. The number of halogens is 2. The lowest BCUT2D eigenvalue weighted by Crippen LogP contribution is -2.32. The van der Waals surface area contributed by atoms with Crippen LogP contribution in [0.3, 0.4) is 0 Å². The van der Waals surface area contributed by atoms with Crippen molar-refractivity contribution in [2.75, 3.05) is 6.54 Å². The highest BCUT2D eigenvalue weighted by molar-refractivity contribution is 14.1. The van der Waals surface area contributed by atoms with Gasteiger partial charge in [-0.2, -0.15) is 0 Å². The predicted molar refractivity (Wildman–Crippen MR) is 82.3 cm³/mol. The zero-order chi connectivity index (χ0) is 12.7. The Balaban J connectivity index is 2.15. The summed E-state index contributed by atoms with van der Waals surface area (Å²) in [5, 5.41) is 12.1. The van der Waals surface area contributed by atoms with Crippen LogP contribution in [0.2, 0.25) is 0 Å². The first-order valence-electron chi connectivity index (χ1n) is 5.78. The summed E-state index contributed by atoms with van der Waals surface area (Å²) in [5.74, 6) is 1.98. The van der Waals surface area contributed by atoms with Crippen molar-refractivity contribution in [3.63, 3.8) is 0 Å². The molecule has 4 nitrogen and oxygen atoms in total. The van der Waals surface area contributed by atoms with E-state index in [0.717, 1.165) is 34.8 Å². The van der Waals surface area contributed by atoms with Crippen LogP contribution in [0.25, 0.3) is 11.4 Å². The van der Waals surface area contributed by atoms with Gasteiger partial charge in [-0.05, 0) is 47.7 Å². The van der Waals surface area contributed by atoms with E-state index in [0.29, 0.717) is 0 Å². The van der Waals surface area contributed by atoms with Crippen molar-refractivity contribution < 1.29 is 0 Å². The maximum Gasteiger partial charge on any atom is 0.165 e. The molecule has 1 unspecified atom stereocenters. The minimum Gasteiger partial charge on any atom is -0.308 e. The van der Waals surface area contributed by atoms with Gasteiger partial charge in [-0.15, -0.1) is 10.2 Å². The molecule has 0 aliphatic carbocycles. The number of rotatable bonds is 1. The molecule has 1 aliphatic rings. The molecule has 1 atom stereocenters. The van der Waals surface area contributed by atoms with Gasteiger partial charge in [0, 0.05) is 26.7 Å². The van der Waals surface area contributed by atoms with Crippen molar-refractivity contribution in [3.05, 3.63) is 32.1 Å². The summed E-state index contributed by atoms with van der Waals surface area (Å²) in [7, 11) is 0. The molecule has 0 radical (unpaired) electrons. The first-order valence-corrected chi connectivity index (χ1v) is 7.66. The van der Waals surface area contributed by atoms with Crippen molar-refractivity contribution in [2.24, 2.45) is 0 Å². The molecule has 3 rings (SSSR count). The summed E-state index contributed by atoms with van der Waals surface area (Å²) in [6.45, 7) is 4.00. The van der Waals surface area contributed by atoms with E-state index in [1.54, 1.807) is 0 Å². The summed E-state index contributed by atoms with van der Waals surface area (Å²) >= 11 is 5.86. The number of fused-ring (bicyclic) bond motifs is 1. The van der Waals surface area contributed by atoms with Gasteiger partial charge in [0.25, 0.3) is 0 Å². The maximum atomic E-state index is 4.37. The van der Waals surface area contributed by atoms with Gasteiger partial charge in [0.05, 0.1) is 6.04 Å². The van der Waals surface area contributed by atoms with E-state index < -0.39 is 0 Å². The second-order valence-electron chi connectivity index (χ2n) is 4.33. The lowest BCUT2D eigenvalue weighted by atomic mass is 10.2. The smallest absolute Gasteiger partial charge is 0.165 e. The Morgan fingerprint density at radius 3 is 3.11 bits per heavy atom. The van der Waals surface area contributed by atoms with Crippen LogP contribution in [0.5, 0.6) is 0 Å². The third kappa shape index (κ3) is 2.10. The van der Waals surface area contributed by atoms with Gasteiger partial charge in [-0.25, -0.2) is 0 Å². The van der Waals surface area contributed by atoms with Crippen molar-refractivity contribution >= 4 is 38.5 Å². The normalized spacial score (nSPS) is 18.7. The van der Waals surface area contributed by atoms with Crippen molar-refractivity contribution in [2.45, 2.75) is 19.5 Å². The standard InChI is InChI=1S/C12H12BrIN4/c1-7-11-16-17-12(18(11)5-4-15-7)9-6-8(13)2-3-10(9)14/h2-3,6-7,15H,4-5H2,1H3. The number of hydrogen-bond acceptors (Lipinski definition) is 3. The number of aromatic nitrogens is 3. The molecule has 2 heterocycles. The van der Waals surface area contributed by atoms with Crippen LogP contribution in [-0.4, -0.2) is 21.3 Å². The Bertz CT molecular complexity index is 596. The third-order valence-corrected chi connectivity index (χ3v) is 4.56. The number of nitrogens with zero attached hydrogens (tertiary/aromatic N) is 3. The fraction of sp³-hybridized carbons (Fsp3) is 0.333. The topological polar surface area (TPSA) is 42.7 Å². The highest BCUT2D eigenvalue weighted by Crippen LogP contribution is 2.29. The van der Waals surface area contributed by atoms with Crippen LogP contribution in [0, 0.1) is 3.57 Å². The Labute approximate surface area is 127 Å². The maximum absolute atomic E-state index is 4.37. The van der Waals surface area contributed by atoms with Gasteiger partial charge in [-0.3, -0.25) is 0 Å². The van der Waals surface area contributed by atoms with Crippen LogP contribution >= 0.6 is 38.5 Å². The zero-order valence-corrected chi connectivity index (χ0v) is 13.6. The molecule has 0 fully saturated rings. The van der Waals surface area contributed by atoms with Crippen molar-refractivity contribution in [1.29, 1.82) is 0 Å². The molecule has 0 bridgehead atoms. The Morgan fingerprint density at radius 2 is 2.28 bits per heavy atom. The minimum absolute atomic E-state index is 0.268. The summed E-state index contributed by atoms with van der Waals surface area (Å²) in [5.41, 5.74) is 1.14. The van der Waals surface area contributed by atoms with Gasteiger partial charge in [0.2, 0.25) is 0 Å². The highest BCUT2D eigenvalue weighted by Gasteiger charge is 2.22. The molecule has 2 aromatic rings. The SMILES string of the molecule is CC1NCCn2c(-c3cc(Br)ccc3I)nnc21. The number of nitrogens with one attached hydrogen (secondary N) is 1. The third-order valence-electron chi connectivity index (χ3n) is 3.12. The van der Waals surface area contributed by atoms with Crippen molar-refractivity contribution in [3.8, 4) is 11.4 Å². The van der Waals surface area contributed by atoms with Crippen LogP contribution < -0.4 is 5.32 Å². The monoisotopic (exact) mass is 418 g/mol. The van der Waals surface area contributed by atoms with Crippen LogP contribution in [0.1, 0.15) is 18.8 Å². The summed E-state index contributed by atoms with van der Waals surface area (Å²) in [6, 6.07) is 6.51.